The maximum absolute atomic E-state index is 12.5. The van der Waals surface area contributed by atoms with Crippen molar-refractivity contribution in [2.75, 3.05) is 27.2 Å². The molecule has 0 aliphatic rings. The molecule has 0 saturated carbocycles. The van der Waals surface area contributed by atoms with Crippen LogP contribution in [-0.4, -0.2) is 43.0 Å². The van der Waals surface area contributed by atoms with Gasteiger partial charge in [0.1, 0.15) is 0 Å². The van der Waals surface area contributed by atoms with Crippen LogP contribution in [0.25, 0.3) is 21.8 Å². The van der Waals surface area contributed by atoms with E-state index in [0.29, 0.717) is 12.1 Å². The quantitative estimate of drug-likeness (QED) is 0.700. The molecular weight excluding hydrogens is 357 g/mol. The van der Waals surface area contributed by atoms with E-state index >= 15 is 0 Å². The highest BCUT2D eigenvalue weighted by Gasteiger charge is 2.13. The number of pyridine rings is 1. The molecule has 0 unspecified atom stereocenters. The van der Waals surface area contributed by atoms with Gasteiger partial charge in [0, 0.05) is 23.9 Å². The van der Waals surface area contributed by atoms with Crippen LogP contribution in [0.3, 0.4) is 0 Å². The Labute approximate surface area is 160 Å². The minimum absolute atomic E-state index is 0. The van der Waals surface area contributed by atoms with Crippen molar-refractivity contribution in [1.82, 2.24) is 15.2 Å². The molecule has 3 aromatic rings. The fraction of sp³-hybridized carbons (Fsp3) is 0.263. The van der Waals surface area contributed by atoms with E-state index in [1.54, 1.807) is 0 Å². The molecule has 0 aliphatic carbocycles. The third kappa shape index (κ3) is 4.40. The van der Waals surface area contributed by atoms with Crippen molar-refractivity contribution in [3.05, 3.63) is 53.6 Å². The predicted molar refractivity (Wildman–Crippen MR) is 109 cm³/mol. The average Bonchev–Trinajstić information content (AvgIpc) is 2.54. The second-order valence-corrected chi connectivity index (χ2v) is 6.01. The van der Waals surface area contributed by atoms with Crippen molar-refractivity contribution < 1.29 is 4.79 Å². The number of nitrogens with zero attached hydrogens (tertiary/aromatic N) is 2. The molecule has 1 N–H and O–H groups in total. The van der Waals surface area contributed by atoms with Crippen LogP contribution in [0.15, 0.2) is 42.5 Å². The number of rotatable bonds is 4. The molecule has 0 aliphatic heterocycles. The number of hydrogen-bond acceptors (Lipinski definition) is 3. The number of aromatic nitrogens is 1. The lowest BCUT2D eigenvalue weighted by Gasteiger charge is -2.13. The van der Waals surface area contributed by atoms with E-state index in [1.165, 1.54) is 0 Å². The van der Waals surface area contributed by atoms with E-state index in [9.17, 15) is 4.79 Å². The molecule has 0 radical (unpaired) electrons. The summed E-state index contributed by atoms with van der Waals surface area (Å²) >= 11 is 0. The number of halogens is 2. The normalized spacial score (nSPS) is 10.4. The summed E-state index contributed by atoms with van der Waals surface area (Å²) in [4.78, 5) is 19.3. The first kappa shape index (κ1) is 21.2. The first-order valence-electron chi connectivity index (χ1n) is 7.79. The zero-order valence-corrected chi connectivity index (χ0v) is 16.2. The number of likely N-dealkylation sites (N-methyl/N-ethyl adjacent to an activating group) is 1. The van der Waals surface area contributed by atoms with Gasteiger partial charge < -0.3 is 10.2 Å². The highest BCUT2D eigenvalue weighted by molar-refractivity contribution is 6.09. The van der Waals surface area contributed by atoms with Crippen LogP contribution in [0.4, 0.5) is 0 Å². The number of carbonyl (C=O) groups excluding carboxylic acids is 1. The van der Waals surface area contributed by atoms with E-state index in [1.807, 2.05) is 55.4 Å². The number of para-hydroxylation sites is 2. The van der Waals surface area contributed by atoms with Gasteiger partial charge >= 0.3 is 0 Å². The van der Waals surface area contributed by atoms with Crippen LogP contribution in [0.1, 0.15) is 15.9 Å². The lowest BCUT2D eigenvalue weighted by molar-refractivity contribution is 0.0952. The lowest BCUT2D eigenvalue weighted by Crippen LogP contribution is -2.31. The maximum Gasteiger partial charge on any atom is 0.253 e. The Balaban J connectivity index is 0.00000156. The summed E-state index contributed by atoms with van der Waals surface area (Å²) in [5, 5.41) is 5.13. The number of fused-ring (bicyclic) bond motifs is 2. The van der Waals surface area contributed by atoms with Crippen molar-refractivity contribution >= 4 is 52.5 Å². The van der Waals surface area contributed by atoms with Gasteiger partial charge in [0.05, 0.1) is 16.6 Å². The molecule has 0 saturated heterocycles. The summed E-state index contributed by atoms with van der Waals surface area (Å²) in [5.41, 5.74) is 3.49. The molecule has 3 rings (SSSR count). The molecule has 0 spiro atoms. The third-order valence-electron chi connectivity index (χ3n) is 4.07. The van der Waals surface area contributed by atoms with E-state index < -0.39 is 0 Å². The van der Waals surface area contributed by atoms with Gasteiger partial charge in [-0.25, -0.2) is 4.98 Å². The van der Waals surface area contributed by atoms with Gasteiger partial charge in [-0.05, 0) is 38.7 Å². The Morgan fingerprint density at radius 1 is 1.04 bits per heavy atom. The fourth-order valence-electron chi connectivity index (χ4n) is 2.79. The van der Waals surface area contributed by atoms with Crippen LogP contribution >= 0.6 is 24.8 Å². The molecule has 0 bridgehead atoms. The van der Waals surface area contributed by atoms with E-state index in [2.05, 4.69) is 18.3 Å². The molecule has 4 nitrogen and oxygen atoms in total. The zero-order chi connectivity index (χ0) is 16.4. The monoisotopic (exact) mass is 379 g/mol. The molecule has 0 fully saturated rings. The highest BCUT2D eigenvalue weighted by atomic mass is 35.5. The van der Waals surface area contributed by atoms with Crippen molar-refractivity contribution in [2.24, 2.45) is 0 Å². The van der Waals surface area contributed by atoms with Crippen LogP contribution in [0.2, 0.25) is 0 Å². The Morgan fingerprint density at radius 2 is 1.72 bits per heavy atom. The number of amides is 1. The molecule has 1 aromatic heterocycles. The van der Waals surface area contributed by atoms with Gasteiger partial charge in [-0.1, -0.05) is 30.3 Å². The summed E-state index contributed by atoms with van der Waals surface area (Å²) in [6.07, 6.45) is 0. The van der Waals surface area contributed by atoms with Gasteiger partial charge in [-0.2, -0.15) is 0 Å². The Bertz CT molecular complexity index is 881. The Hall–Kier alpha value is -1.88. The number of nitrogens with one attached hydrogen (secondary N) is 1. The predicted octanol–water partition coefficient (Wildman–Crippen LogP) is 3.83. The first-order chi connectivity index (χ1) is 11.1. The molecule has 0 atom stereocenters. The second kappa shape index (κ2) is 8.99. The molecule has 2 aromatic carbocycles. The van der Waals surface area contributed by atoms with Crippen LogP contribution < -0.4 is 5.32 Å². The molecule has 1 heterocycles. The molecular formula is C19H23Cl2N3O. The fourth-order valence-corrected chi connectivity index (χ4v) is 2.79. The molecule has 1 amide bonds. The van der Waals surface area contributed by atoms with Crippen molar-refractivity contribution in [1.29, 1.82) is 0 Å². The standard InChI is InChI=1S/C19H21N3O.2ClH/c1-13-14-7-4-5-10-17(14)21-18-15(13)8-6-9-16(18)19(23)20-11-12-22(2)3;;/h4-10H,11-12H2,1-3H3,(H,20,23);2*1H. The van der Waals surface area contributed by atoms with E-state index in [4.69, 9.17) is 4.98 Å². The van der Waals surface area contributed by atoms with Gasteiger partial charge in [-0.15, -0.1) is 24.8 Å². The number of hydrogen-bond donors (Lipinski definition) is 1. The maximum atomic E-state index is 12.5. The van der Waals surface area contributed by atoms with E-state index in [0.717, 1.165) is 33.9 Å². The Kier molecular flexibility index (Phi) is 7.61. The number of aryl methyl sites for hydroxylation is 1. The smallest absolute Gasteiger partial charge is 0.253 e. The summed E-state index contributed by atoms with van der Waals surface area (Å²) in [5.74, 6) is -0.0698. The number of benzene rings is 2. The topological polar surface area (TPSA) is 45.2 Å². The minimum atomic E-state index is -0.0698. The molecule has 134 valence electrons. The van der Waals surface area contributed by atoms with Crippen LogP contribution in [-0.2, 0) is 0 Å². The second-order valence-electron chi connectivity index (χ2n) is 6.01. The van der Waals surface area contributed by atoms with Crippen molar-refractivity contribution in [3.8, 4) is 0 Å². The number of carbonyl (C=O) groups is 1. The van der Waals surface area contributed by atoms with Gasteiger partial charge in [0.15, 0.2) is 0 Å². The average molecular weight is 380 g/mol. The minimum Gasteiger partial charge on any atom is -0.351 e. The lowest BCUT2D eigenvalue weighted by atomic mass is 10.0. The van der Waals surface area contributed by atoms with Crippen molar-refractivity contribution in [2.45, 2.75) is 6.92 Å². The van der Waals surface area contributed by atoms with Crippen LogP contribution in [0.5, 0.6) is 0 Å². The third-order valence-corrected chi connectivity index (χ3v) is 4.07. The molecule has 6 heteroatoms. The largest absolute Gasteiger partial charge is 0.351 e. The summed E-state index contributed by atoms with van der Waals surface area (Å²) in [6, 6.07) is 13.8. The SMILES string of the molecule is Cc1c2ccccc2nc2c(C(=O)NCCN(C)C)cccc12.Cl.Cl. The molecule has 25 heavy (non-hydrogen) atoms. The summed E-state index contributed by atoms with van der Waals surface area (Å²) < 4.78 is 0. The Morgan fingerprint density at radius 3 is 2.44 bits per heavy atom. The van der Waals surface area contributed by atoms with Gasteiger partial charge in [0.25, 0.3) is 5.91 Å². The van der Waals surface area contributed by atoms with Gasteiger partial charge in [-0.3, -0.25) is 4.79 Å². The first-order valence-corrected chi connectivity index (χ1v) is 7.79. The highest BCUT2D eigenvalue weighted by Crippen LogP contribution is 2.27. The van der Waals surface area contributed by atoms with Crippen molar-refractivity contribution in [3.63, 3.8) is 0 Å². The van der Waals surface area contributed by atoms with E-state index in [-0.39, 0.29) is 30.7 Å². The summed E-state index contributed by atoms with van der Waals surface area (Å²) in [7, 11) is 3.97. The summed E-state index contributed by atoms with van der Waals surface area (Å²) in [6.45, 7) is 3.51. The van der Waals surface area contributed by atoms with Gasteiger partial charge in [0.2, 0.25) is 0 Å². The zero-order valence-electron chi connectivity index (χ0n) is 14.6. The van der Waals surface area contributed by atoms with Crippen LogP contribution in [0, 0.1) is 6.92 Å².